The second-order valence-electron chi connectivity index (χ2n) is 7.15. The number of nitrogens with zero attached hydrogens (tertiary/aromatic N) is 1. The van der Waals surface area contributed by atoms with Crippen LogP contribution in [0, 0.1) is 5.82 Å². The van der Waals surface area contributed by atoms with E-state index in [1.165, 1.54) is 36.1 Å². The van der Waals surface area contributed by atoms with E-state index in [0.29, 0.717) is 28.0 Å². The van der Waals surface area contributed by atoms with Crippen molar-refractivity contribution in [1.29, 1.82) is 0 Å². The number of carbonyl (C=O) groups excluding carboxylic acids is 3. The van der Waals surface area contributed by atoms with Crippen molar-refractivity contribution in [2.45, 2.75) is 0 Å². The van der Waals surface area contributed by atoms with E-state index in [1.54, 1.807) is 48.5 Å². The van der Waals surface area contributed by atoms with Crippen LogP contribution in [-0.4, -0.2) is 29.5 Å². The van der Waals surface area contributed by atoms with Gasteiger partial charge in [-0.15, -0.1) is 0 Å². The van der Waals surface area contributed by atoms with Crippen LogP contribution in [0.25, 0.3) is 10.9 Å². The van der Waals surface area contributed by atoms with Crippen molar-refractivity contribution < 1.29 is 23.5 Å². The number of hydrogen-bond donors (Lipinski definition) is 3. The van der Waals surface area contributed by atoms with Crippen molar-refractivity contribution in [2.24, 2.45) is 0 Å². The van der Waals surface area contributed by atoms with Gasteiger partial charge in [-0.05, 0) is 72.8 Å². The average molecular weight is 525 g/mol. The molecule has 34 heavy (non-hydrogen) atoms. The minimum atomic E-state index is -0.980. The Labute approximate surface area is 201 Å². The molecule has 0 aliphatic heterocycles. The molecule has 0 spiro atoms. The lowest BCUT2D eigenvalue weighted by atomic mass is 10.2. The Morgan fingerprint density at radius 1 is 0.853 bits per heavy atom. The van der Waals surface area contributed by atoms with Crippen molar-refractivity contribution in [2.75, 3.05) is 23.2 Å². The monoisotopic (exact) mass is 524 g/mol. The van der Waals surface area contributed by atoms with Gasteiger partial charge in [0.25, 0.3) is 5.91 Å². The van der Waals surface area contributed by atoms with Crippen molar-refractivity contribution in [3.8, 4) is 5.75 Å². The predicted molar refractivity (Wildman–Crippen MR) is 130 cm³/mol. The molecule has 4 aromatic rings. The zero-order chi connectivity index (χ0) is 24.2. The molecule has 4 rings (SSSR count). The number of aromatic nitrogens is 1. The summed E-state index contributed by atoms with van der Waals surface area (Å²) in [4.78, 5) is 38.1. The summed E-state index contributed by atoms with van der Waals surface area (Å²) in [7, 11) is 1.52. The molecule has 0 atom stereocenters. The second-order valence-corrected chi connectivity index (χ2v) is 8.07. The summed E-state index contributed by atoms with van der Waals surface area (Å²) in [6.07, 6.45) is 0. The second kappa shape index (κ2) is 9.75. The molecule has 0 radical (unpaired) electrons. The maximum absolute atomic E-state index is 13.2. The number of nitrogens with one attached hydrogen (secondary N) is 3. The van der Waals surface area contributed by atoms with Crippen LogP contribution < -0.4 is 20.8 Å². The molecule has 0 fully saturated rings. The molecular weight excluding hydrogens is 507 g/mol. The number of amides is 3. The number of hydrogen-bond acceptors (Lipinski definition) is 4. The van der Waals surface area contributed by atoms with Gasteiger partial charge in [-0.1, -0.05) is 15.9 Å². The van der Waals surface area contributed by atoms with Crippen LogP contribution in [-0.2, 0) is 9.59 Å². The standard InChI is InChI=1S/C24H18BrFN4O4/c1-34-19-9-7-18(8-10-19)28-23(32)24(33)29-30-20-11-2-15(25)12-14(20)13-21(30)22(31)27-17-5-3-16(26)4-6-17/h2-13H,1H3,(H,27,31)(H,28,32)(H,29,33). The highest BCUT2D eigenvalue weighted by atomic mass is 79.9. The Morgan fingerprint density at radius 3 is 2.18 bits per heavy atom. The number of methoxy groups -OCH3 is 1. The lowest BCUT2D eigenvalue weighted by molar-refractivity contribution is -0.133. The highest BCUT2D eigenvalue weighted by Crippen LogP contribution is 2.24. The third-order valence-corrected chi connectivity index (χ3v) is 5.36. The smallest absolute Gasteiger partial charge is 0.328 e. The van der Waals surface area contributed by atoms with Gasteiger partial charge in [0.05, 0.1) is 12.6 Å². The zero-order valence-corrected chi connectivity index (χ0v) is 19.4. The van der Waals surface area contributed by atoms with Gasteiger partial charge in [-0.25, -0.2) is 9.07 Å². The highest BCUT2D eigenvalue weighted by molar-refractivity contribution is 9.10. The Hall–Kier alpha value is -4.18. The summed E-state index contributed by atoms with van der Waals surface area (Å²) in [6, 6.07) is 18.5. The van der Waals surface area contributed by atoms with Gasteiger partial charge < -0.3 is 15.4 Å². The fraction of sp³-hybridized carbons (Fsp3) is 0.0417. The van der Waals surface area contributed by atoms with E-state index < -0.39 is 23.5 Å². The number of carbonyl (C=O) groups is 3. The van der Waals surface area contributed by atoms with Gasteiger partial charge in [-0.3, -0.25) is 19.8 Å². The highest BCUT2D eigenvalue weighted by Gasteiger charge is 2.21. The Morgan fingerprint density at radius 2 is 1.50 bits per heavy atom. The third-order valence-electron chi connectivity index (χ3n) is 4.87. The molecule has 0 unspecified atom stereocenters. The number of fused-ring (bicyclic) bond motifs is 1. The van der Waals surface area contributed by atoms with E-state index in [9.17, 15) is 18.8 Å². The lowest BCUT2D eigenvalue weighted by Gasteiger charge is -2.13. The van der Waals surface area contributed by atoms with E-state index in [-0.39, 0.29) is 5.69 Å². The van der Waals surface area contributed by atoms with Crippen LogP contribution in [0.15, 0.2) is 77.3 Å². The summed E-state index contributed by atoms with van der Waals surface area (Å²) in [5.41, 5.74) is 3.81. The van der Waals surface area contributed by atoms with Gasteiger partial charge in [0, 0.05) is 21.2 Å². The van der Waals surface area contributed by atoms with E-state index in [1.807, 2.05) is 0 Å². The summed E-state index contributed by atoms with van der Waals surface area (Å²) >= 11 is 3.38. The van der Waals surface area contributed by atoms with Crippen molar-refractivity contribution in [1.82, 2.24) is 4.68 Å². The summed E-state index contributed by atoms with van der Waals surface area (Å²) < 4.78 is 20.3. The van der Waals surface area contributed by atoms with Gasteiger partial charge in [0.15, 0.2) is 0 Å². The van der Waals surface area contributed by atoms with Gasteiger partial charge in [0.2, 0.25) is 0 Å². The molecule has 1 aromatic heterocycles. The SMILES string of the molecule is COc1ccc(NC(=O)C(=O)Nn2c(C(=O)Nc3ccc(F)cc3)cc3cc(Br)ccc32)cc1. The molecule has 0 saturated heterocycles. The van der Waals surface area contributed by atoms with Crippen LogP contribution in [0.1, 0.15) is 10.5 Å². The zero-order valence-electron chi connectivity index (χ0n) is 17.8. The molecule has 0 bridgehead atoms. The van der Waals surface area contributed by atoms with Gasteiger partial charge >= 0.3 is 11.8 Å². The first kappa shape index (κ1) is 23.0. The predicted octanol–water partition coefficient (Wildman–Crippen LogP) is 4.51. The molecule has 172 valence electrons. The first-order valence-electron chi connectivity index (χ1n) is 9.98. The number of halogens is 2. The first-order valence-corrected chi connectivity index (χ1v) is 10.8. The minimum absolute atomic E-state index is 0.0722. The molecular formula is C24H18BrFN4O4. The maximum Gasteiger partial charge on any atom is 0.328 e. The van der Waals surface area contributed by atoms with Crippen LogP contribution >= 0.6 is 15.9 Å². The molecule has 1 heterocycles. The lowest BCUT2D eigenvalue weighted by Crippen LogP contribution is -2.36. The van der Waals surface area contributed by atoms with E-state index in [4.69, 9.17) is 4.74 Å². The maximum atomic E-state index is 13.2. The first-order chi connectivity index (χ1) is 16.3. The molecule has 0 aliphatic rings. The fourth-order valence-corrected chi connectivity index (χ4v) is 3.60. The minimum Gasteiger partial charge on any atom is -0.497 e. The van der Waals surface area contributed by atoms with Crippen molar-refractivity contribution in [3.05, 3.63) is 88.8 Å². The van der Waals surface area contributed by atoms with Crippen molar-refractivity contribution >= 4 is 55.9 Å². The largest absolute Gasteiger partial charge is 0.497 e. The van der Waals surface area contributed by atoms with Crippen LogP contribution in [0.2, 0.25) is 0 Å². The van der Waals surface area contributed by atoms with Crippen LogP contribution in [0.4, 0.5) is 15.8 Å². The number of ether oxygens (including phenoxy) is 1. The van der Waals surface area contributed by atoms with Crippen molar-refractivity contribution in [3.63, 3.8) is 0 Å². The number of benzene rings is 3. The Bertz CT molecular complexity index is 1380. The molecule has 10 heteroatoms. The van der Waals surface area contributed by atoms with E-state index in [0.717, 1.165) is 4.47 Å². The fourth-order valence-electron chi connectivity index (χ4n) is 3.22. The Kier molecular flexibility index (Phi) is 6.60. The third kappa shape index (κ3) is 5.07. The molecule has 0 aliphatic carbocycles. The average Bonchev–Trinajstić information content (AvgIpc) is 3.18. The van der Waals surface area contributed by atoms with Crippen LogP contribution in [0.5, 0.6) is 5.75 Å². The summed E-state index contributed by atoms with van der Waals surface area (Å²) in [5.74, 6) is -2.30. The molecule has 8 nitrogen and oxygen atoms in total. The summed E-state index contributed by atoms with van der Waals surface area (Å²) in [6.45, 7) is 0. The summed E-state index contributed by atoms with van der Waals surface area (Å²) in [5, 5.41) is 5.79. The quantitative estimate of drug-likeness (QED) is 0.334. The normalized spacial score (nSPS) is 10.6. The molecule has 3 amide bonds. The molecule has 0 saturated carbocycles. The molecule has 3 aromatic carbocycles. The van der Waals surface area contributed by atoms with Gasteiger partial charge in [0.1, 0.15) is 17.3 Å². The number of rotatable bonds is 5. The van der Waals surface area contributed by atoms with E-state index in [2.05, 4.69) is 32.0 Å². The Balaban J connectivity index is 1.59. The topological polar surface area (TPSA) is 101 Å². The van der Waals surface area contributed by atoms with E-state index >= 15 is 0 Å². The molecule has 3 N–H and O–H groups in total. The number of anilines is 2. The van der Waals surface area contributed by atoms with Crippen LogP contribution in [0.3, 0.4) is 0 Å². The van der Waals surface area contributed by atoms with Gasteiger partial charge in [-0.2, -0.15) is 0 Å².